The average molecular weight is 797 g/mol. The van der Waals surface area contributed by atoms with Crippen molar-refractivity contribution in [2.24, 2.45) is 46.3 Å². The van der Waals surface area contributed by atoms with E-state index in [1.54, 1.807) is 12.5 Å². The van der Waals surface area contributed by atoms with Crippen LogP contribution in [0.1, 0.15) is 112 Å². The van der Waals surface area contributed by atoms with Gasteiger partial charge in [0, 0.05) is 0 Å². The third kappa shape index (κ3) is 12.2. The second kappa shape index (κ2) is 22.8. The molecule has 3 saturated carbocycles. The quantitative estimate of drug-likeness (QED) is 0.0706. The second-order valence-electron chi connectivity index (χ2n) is 18.6. The molecule has 1 saturated heterocycles. The summed E-state index contributed by atoms with van der Waals surface area (Å²) in [5, 5.41) is 29.5. The van der Waals surface area contributed by atoms with Crippen LogP contribution >= 0.6 is 0 Å². The Morgan fingerprint density at radius 3 is 1.88 bits per heavy atom. The molecular weight excluding hydrogens is 716 g/mol. The van der Waals surface area contributed by atoms with E-state index in [1.165, 1.54) is 57.8 Å². The fraction of sp³-hybridized carbons (Fsp3) is 0.956. The number of ether oxygens (including phenoxy) is 8. The Balaban J connectivity index is 0.832. The number of aliphatic hydroxyl groups is 3. The van der Waals surface area contributed by atoms with Gasteiger partial charge in [-0.05, 0) is 105 Å². The highest BCUT2D eigenvalue weighted by atomic mass is 16.7. The summed E-state index contributed by atoms with van der Waals surface area (Å²) in [4.78, 5) is 0. The summed E-state index contributed by atoms with van der Waals surface area (Å²) in [6.45, 7) is 19.8. The zero-order valence-electron chi connectivity index (χ0n) is 35.9. The normalized spacial score (nSPS) is 37.6. The van der Waals surface area contributed by atoms with Gasteiger partial charge in [0.05, 0.1) is 91.5 Å². The molecule has 4 aliphatic carbocycles. The lowest BCUT2D eigenvalue weighted by atomic mass is 9.47. The third-order valence-corrected chi connectivity index (χ3v) is 14.6. The summed E-state index contributed by atoms with van der Waals surface area (Å²) in [6, 6.07) is 0. The van der Waals surface area contributed by atoms with Crippen LogP contribution in [-0.4, -0.2) is 131 Å². The Labute approximate surface area is 338 Å². The Morgan fingerprint density at radius 1 is 0.679 bits per heavy atom. The number of hydrogen-bond acceptors (Lipinski definition) is 11. The van der Waals surface area contributed by atoms with Gasteiger partial charge >= 0.3 is 0 Å². The van der Waals surface area contributed by atoms with E-state index < -0.39 is 30.7 Å². The number of allylic oxidation sites excluding steroid dienone is 1. The Hall–Kier alpha value is -0.700. The van der Waals surface area contributed by atoms with Crippen LogP contribution in [0.25, 0.3) is 0 Å². The second-order valence-corrected chi connectivity index (χ2v) is 18.6. The SMILES string of the molecule is CC(C)CCC[C@@H](C)[C@H]1CCC2C3CC=C4C[C@@H](OCCOCCOCCOCCOCCOCCO[C@@H]5O[C@@H](C)[C@H](O)[C@@H](O)[C@H]5O)CC[C@]4(C)C3CC[C@@]21C. The van der Waals surface area contributed by atoms with E-state index in [4.69, 9.17) is 37.9 Å². The van der Waals surface area contributed by atoms with Crippen molar-refractivity contribution in [2.75, 3.05) is 79.3 Å². The van der Waals surface area contributed by atoms with E-state index in [1.807, 2.05) is 0 Å². The van der Waals surface area contributed by atoms with Crippen LogP contribution in [0.4, 0.5) is 0 Å². The van der Waals surface area contributed by atoms with Crippen molar-refractivity contribution in [1.82, 2.24) is 0 Å². The van der Waals surface area contributed by atoms with Gasteiger partial charge < -0.3 is 53.2 Å². The molecule has 0 bridgehead atoms. The molecule has 11 nitrogen and oxygen atoms in total. The molecule has 5 aliphatic rings. The van der Waals surface area contributed by atoms with Crippen LogP contribution in [0.15, 0.2) is 11.6 Å². The molecule has 3 unspecified atom stereocenters. The van der Waals surface area contributed by atoms with Crippen molar-refractivity contribution in [2.45, 2.75) is 149 Å². The number of hydrogen-bond donors (Lipinski definition) is 3. The summed E-state index contributed by atoms with van der Waals surface area (Å²) < 4.78 is 45.2. The van der Waals surface area contributed by atoms with Crippen molar-refractivity contribution in [3.8, 4) is 0 Å². The zero-order valence-corrected chi connectivity index (χ0v) is 35.9. The van der Waals surface area contributed by atoms with E-state index in [9.17, 15) is 15.3 Å². The molecule has 0 aromatic carbocycles. The molecule has 13 atom stereocenters. The van der Waals surface area contributed by atoms with Crippen molar-refractivity contribution in [3.05, 3.63) is 11.6 Å². The smallest absolute Gasteiger partial charge is 0.186 e. The molecule has 0 spiro atoms. The molecule has 1 aliphatic heterocycles. The van der Waals surface area contributed by atoms with Gasteiger partial charge in [0.1, 0.15) is 18.3 Å². The molecule has 11 heteroatoms. The fourth-order valence-electron chi connectivity index (χ4n) is 11.4. The van der Waals surface area contributed by atoms with Gasteiger partial charge in [0.25, 0.3) is 0 Å². The molecule has 0 aromatic rings. The maximum atomic E-state index is 9.96. The molecule has 0 radical (unpaired) electrons. The van der Waals surface area contributed by atoms with Crippen LogP contribution in [0.5, 0.6) is 0 Å². The Kier molecular flexibility index (Phi) is 18.9. The van der Waals surface area contributed by atoms with E-state index in [2.05, 4.69) is 40.7 Å². The molecule has 3 N–H and O–H groups in total. The highest BCUT2D eigenvalue weighted by molar-refractivity contribution is 5.25. The summed E-state index contributed by atoms with van der Waals surface area (Å²) >= 11 is 0. The van der Waals surface area contributed by atoms with Crippen molar-refractivity contribution in [3.63, 3.8) is 0 Å². The van der Waals surface area contributed by atoms with Crippen LogP contribution in [-0.2, 0) is 37.9 Å². The molecule has 5 rings (SSSR count). The maximum Gasteiger partial charge on any atom is 0.186 e. The minimum absolute atomic E-state index is 0.178. The lowest BCUT2D eigenvalue weighted by Gasteiger charge is -2.58. The molecule has 0 amide bonds. The third-order valence-electron chi connectivity index (χ3n) is 14.6. The van der Waals surface area contributed by atoms with E-state index in [-0.39, 0.29) is 13.2 Å². The minimum Gasteiger partial charge on any atom is -0.388 e. The first-order valence-electron chi connectivity index (χ1n) is 22.5. The van der Waals surface area contributed by atoms with Crippen LogP contribution in [0, 0.1) is 46.3 Å². The number of fused-ring (bicyclic) bond motifs is 5. The highest BCUT2D eigenvalue weighted by Gasteiger charge is 2.59. The molecule has 326 valence electrons. The predicted molar refractivity (Wildman–Crippen MR) is 215 cm³/mol. The Morgan fingerprint density at radius 2 is 1.27 bits per heavy atom. The van der Waals surface area contributed by atoms with Gasteiger partial charge in [-0.1, -0.05) is 65.5 Å². The first kappa shape index (κ1) is 46.4. The summed E-state index contributed by atoms with van der Waals surface area (Å²) in [7, 11) is 0. The van der Waals surface area contributed by atoms with E-state index in [0.717, 1.165) is 48.3 Å². The number of rotatable bonds is 25. The van der Waals surface area contributed by atoms with Gasteiger partial charge in [-0.25, -0.2) is 0 Å². The van der Waals surface area contributed by atoms with Gasteiger partial charge in [-0.15, -0.1) is 0 Å². The van der Waals surface area contributed by atoms with Crippen LogP contribution in [0.2, 0.25) is 0 Å². The van der Waals surface area contributed by atoms with E-state index in [0.29, 0.717) is 83.0 Å². The number of aliphatic hydroxyl groups excluding tert-OH is 3. The monoisotopic (exact) mass is 797 g/mol. The van der Waals surface area contributed by atoms with E-state index >= 15 is 0 Å². The van der Waals surface area contributed by atoms with Gasteiger partial charge in [0.15, 0.2) is 6.29 Å². The lowest BCUT2D eigenvalue weighted by Crippen LogP contribution is -2.57. The first-order valence-corrected chi connectivity index (χ1v) is 22.5. The van der Waals surface area contributed by atoms with Crippen molar-refractivity contribution < 1.29 is 53.2 Å². The molecule has 1 heterocycles. The topological polar surface area (TPSA) is 135 Å². The highest BCUT2D eigenvalue weighted by Crippen LogP contribution is 2.67. The molecular formula is C45H80O11. The standard InChI is InChI=1S/C45H80O11/c1-31(2)8-7-9-32(3)37-12-13-38-36-11-10-34-30-35(14-16-44(34,5)39(36)15-17-45(37,38)6)54-28-26-52-24-22-50-20-18-49-19-21-51-23-25-53-27-29-55-43-42(48)41(47)40(46)33(4)56-43/h10,31-33,35-43,46-48H,7-9,11-30H2,1-6H3/t32-,33+,35+,36?,37-,38?,39?,40+,41-,42-,43-,44+,45-/m1/s1. The minimum atomic E-state index is -1.31. The summed E-state index contributed by atoms with van der Waals surface area (Å²) in [5.41, 5.74) is 2.60. The van der Waals surface area contributed by atoms with Gasteiger partial charge in [-0.3, -0.25) is 0 Å². The van der Waals surface area contributed by atoms with Gasteiger partial charge in [0.2, 0.25) is 0 Å². The summed E-state index contributed by atoms with van der Waals surface area (Å²) in [6.07, 6.45) is 12.4. The lowest BCUT2D eigenvalue weighted by molar-refractivity contribution is -0.294. The van der Waals surface area contributed by atoms with Crippen LogP contribution in [0.3, 0.4) is 0 Å². The van der Waals surface area contributed by atoms with Crippen LogP contribution < -0.4 is 0 Å². The summed E-state index contributed by atoms with van der Waals surface area (Å²) in [5.74, 6) is 5.25. The molecule has 0 aromatic heterocycles. The zero-order chi connectivity index (χ0) is 40.1. The molecule has 4 fully saturated rings. The fourth-order valence-corrected chi connectivity index (χ4v) is 11.4. The Bertz CT molecular complexity index is 1150. The average Bonchev–Trinajstić information content (AvgIpc) is 3.54. The maximum absolute atomic E-state index is 9.96. The first-order chi connectivity index (χ1) is 27.0. The van der Waals surface area contributed by atoms with Crippen molar-refractivity contribution >= 4 is 0 Å². The van der Waals surface area contributed by atoms with Crippen molar-refractivity contribution in [1.29, 1.82) is 0 Å². The van der Waals surface area contributed by atoms with Gasteiger partial charge in [-0.2, -0.15) is 0 Å². The predicted octanol–water partition coefficient (Wildman–Crippen LogP) is 6.34. The largest absolute Gasteiger partial charge is 0.388 e. The molecule has 56 heavy (non-hydrogen) atoms.